The molecule has 2 N–H and O–H groups in total. The number of nitrogens with zero attached hydrogens (tertiary/aromatic N) is 3. The van der Waals surface area contributed by atoms with Crippen molar-refractivity contribution in [1.82, 2.24) is 14.7 Å². The third kappa shape index (κ3) is 4.44. The number of amides is 1. The van der Waals surface area contributed by atoms with E-state index in [2.05, 4.69) is 16.8 Å². The molecule has 2 saturated heterocycles. The van der Waals surface area contributed by atoms with Crippen LogP contribution in [0.1, 0.15) is 19.3 Å². The highest BCUT2D eigenvalue weighted by Crippen LogP contribution is 2.21. The lowest BCUT2D eigenvalue weighted by molar-refractivity contribution is -0.134. The van der Waals surface area contributed by atoms with Crippen LogP contribution in [-0.4, -0.2) is 80.0 Å². The molecular formula is C14H28N4O. The molecular weight excluding hydrogens is 240 g/mol. The summed E-state index contributed by atoms with van der Waals surface area (Å²) in [5.41, 5.74) is 5.58. The Labute approximate surface area is 116 Å². The van der Waals surface area contributed by atoms with Gasteiger partial charge in [0.2, 0.25) is 5.91 Å². The molecule has 2 aliphatic rings. The van der Waals surface area contributed by atoms with Crippen LogP contribution in [-0.2, 0) is 4.79 Å². The molecule has 0 atom stereocenters. The number of carbonyl (C=O) groups is 1. The quantitative estimate of drug-likeness (QED) is 0.768. The maximum absolute atomic E-state index is 12.3. The van der Waals surface area contributed by atoms with Crippen LogP contribution >= 0.6 is 0 Å². The van der Waals surface area contributed by atoms with E-state index in [0.29, 0.717) is 11.8 Å². The molecule has 19 heavy (non-hydrogen) atoms. The van der Waals surface area contributed by atoms with Crippen LogP contribution < -0.4 is 5.73 Å². The Kier molecular flexibility index (Phi) is 5.60. The van der Waals surface area contributed by atoms with Crippen LogP contribution in [0.3, 0.4) is 0 Å². The largest absolute Gasteiger partial charge is 0.340 e. The second kappa shape index (κ2) is 7.22. The summed E-state index contributed by atoms with van der Waals surface area (Å²) in [6, 6.07) is 0. The zero-order valence-electron chi connectivity index (χ0n) is 12.2. The maximum atomic E-state index is 12.3. The van der Waals surface area contributed by atoms with Gasteiger partial charge in [-0.3, -0.25) is 4.79 Å². The fourth-order valence-corrected chi connectivity index (χ4v) is 3.03. The lowest BCUT2D eigenvalue weighted by Crippen LogP contribution is -2.48. The van der Waals surface area contributed by atoms with E-state index in [4.69, 9.17) is 5.73 Å². The van der Waals surface area contributed by atoms with E-state index in [-0.39, 0.29) is 0 Å². The first-order valence-corrected chi connectivity index (χ1v) is 7.58. The zero-order chi connectivity index (χ0) is 13.7. The van der Waals surface area contributed by atoms with Gasteiger partial charge in [-0.2, -0.15) is 0 Å². The van der Waals surface area contributed by atoms with Gasteiger partial charge in [0.25, 0.3) is 0 Å². The summed E-state index contributed by atoms with van der Waals surface area (Å²) >= 11 is 0. The second-order valence-electron chi connectivity index (χ2n) is 5.96. The van der Waals surface area contributed by atoms with Gasteiger partial charge in [-0.25, -0.2) is 0 Å². The molecule has 110 valence electrons. The lowest BCUT2D eigenvalue weighted by atomic mass is 9.93. The number of nitrogens with two attached hydrogens (primary N) is 1. The topological polar surface area (TPSA) is 52.8 Å². The van der Waals surface area contributed by atoms with Crippen LogP contribution in [0.25, 0.3) is 0 Å². The van der Waals surface area contributed by atoms with Crippen LogP contribution in [0, 0.1) is 5.92 Å². The molecule has 2 heterocycles. The van der Waals surface area contributed by atoms with E-state index in [1.165, 1.54) is 0 Å². The minimum Gasteiger partial charge on any atom is -0.340 e. The van der Waals surface area contributed by atoms with Crippen LogP contribution in [0.5, 0.6) is 0 Å². The highest BCUT2D eigenvalue weighted by atomic mass is 16.2. The van der Waals surface area contributed by atoms with Crippen LogP contribution in [0.4, 0.5) is 0 Å². The van der Waals surface area contributed by atoms with Crippen molar-refractivity contribution in [3.05, 3.63) is 0 Å². The molecule has 5 heteroatoms. The Bertz CT molecular complexity index is 281. The lowest BCUT2D eigenvalue weighted by Gasteiger charge is -2.35. The average molecular weight is 268 g/mol. The van der Waals surface area contributed by atoms with Crippen molar-refractivity contribution in [3.8, 4) is 0 Å². The third-order valence-electron chi connectivity index (χ3n) is 4.47. The first kappa shape index (κ1) is 14.8. The molecule has 0 saturated carbocycles. The van der Waals surface area contributed by atoms with Crippen molar-refractivity contribution in [1.29, 1.82) is 0 Å². The molecule has 0 spiro atoms. The Hall–Kier alpha value is -0.650. The smallest absolute Gasteiger partial charge is 0.222 e. The summed E-state index contributed by atoms with van der Waals surface area (Å²) in [5.74, 6) is 0.951. The van der Waals surface area contributed by atoms with E-state index in [1.54, 1.807) is 0 Å². The molecule has 0 unspecified atom stereocenters. The number of carbonyl (C=O) groups excluding carboxylic acids is 1. The van der Waals surface area contributed by atoms with Crippen molar-refractivity contribution in [2.75, 3.05) is 59.4 Å². The molecule has 5 nitrogen and oxygen atoms in total. The highest BCUT2D eigenvalue weighted by molar-refractivity contribution is 5.76. The van der Waals surface area contributed by atoms with Gasteiger partial charge < -0.3 is 20.4 Å². The first-order chi connectivity index (χ1) is 9.19. The number of likely N-dealkylation sites (tertiary alicyclic amines) is 1. The van der Waals surface area contributed by atoms with Gasteiger partial charge in [0.1, 0.15) is 0 Å². The first-order valence-electron chi connectivity index (χ1n) is 7.58. The predicted molar refractivity (Wildman–Crippen MR) is 76.9 cm³/mol. The van der Waals surface area contributed by atoms with Crippen LogP contribution in [0.15, 0.2) is 0 Å². The maximum Gasteiger partial charge on any atom is 0.222 e. The minimum absolute atomic E-state index is 0.366. The normalized spacial score (nSPS) is 23.8. The van der Waals surface area contributed by atoms with Crippen molar-refractivity contribution in [2.24, 2.45) is 11.7 Å². The molecule has 2 rings (SSSR count). The van der Waals surface area contributed by atoms with Gasteiger partial charge in [-0.1, -0.05) is 0 Å². The van der Waals surface area contributed by atoms with Gasteiger partial charge >= 0.3 is 0 Å². The summed E-state index contributed by atoms with van der Waals surface area (Å²) in [4.78, 5) is 19.0. The molecule has 0 aromatic heterocycles. The highest BCUT2D eigenvalue weighted by Gasteiger charge is 2.25. The Morgan fingerprint density at radius 2 is 1.74 bits per heavy atom. The zero-order valence-corrected chi connectivity index (χ0v) is 12.2. The van der Waals surface area contributed by atoms with Gasteiger partial charge in [0, 0.05) is 45.7 Å². The van der Waals surface area contributed by atoms with E-state index in [0.717, 1.165) is 71.6 Å². The molecule has 0 aliphatic carbocycles. The SMILES string of the molecule is CN1CCN(C(=O)CC2CCN(CCN)CC2)CC1. The van der Waals surface area contributed by atoms with E-state index in [9.17, 15) is 4.79 Å². The molecule has 0 aromatic carbocycles. The summed E-state index contributed by atoms with van der Waals surface area (Å²) in [7, 11) is 2.12. The van der Waals surface area contributed by atoms with Gasteiger partial charge in [0.05, 0.1) is 0 Å². The van der Waals surface area contributed by atoms with Crippen LogP contribution in [0.2, 0.25) is 0 Å². The monoisotopic (exact) mass is 268 g/mol. The molecule has 2 aliphatic heterocycles. The fourth-order valence-electron chi connectivity index (χ4n) is 3.03. The van der Waals surface area contributed by atoms with Gasteiger partial charge in [0.15, 0.2) is 0 Å². The number of hydrogen-bond acceptors (Lipinski definition) is 4. The van der Waals surface area contributed by atoms with Crippen molar-refractivity contribution in [3.63, 3.8) is 0 Å². The molecule has 0 bridgehead atoms. The van der Waals surface area contributed by atoms with Crippen molar-refractivity contribution in [2.45, 2.75) is 19.3 Å². The number of rotatable bonds is 4. The number of likely N-dealkylation sites (N-methyl/N-ethyl adjacent to an activating group) is 1. The molecule has 0 radical (unpaired) electrons. The Morgan fingerprint density at radius 3 is 2.32 bits per heavy atom. The second-order valence-corrected chi connectivity index (χ2v) is 5.96. The van der Waals surface area contributed by atoms with Gasteiger partial charge in [-0.15, -0.1) is 0 Å². The number of piperazine rings is 1. The van der Waals surface area contributed by atoms with E-state index in [1.807, 2.05) is 4.90 Å². The summed E-state index contributed by atoms with van der Waals surface area (Å²) in [5, 5.41) is 0. The van der Waals surface area contributed by atoms with E-state index < -0.39 is 0 Å². The number of piperidine rings is 1. The number of hydrogen-bond donors (Lipinski definition) is 1. The van der Waals surface area contributed by atoms with Crippen molar-refractivity contribution < 1.29 is 4.79 Å². The Morgan fingerprint density at radius 1 is 1.11 bits per heavy atom. The molecule has 2 fully saturated rings. The summed E-state index contributed by atoms with van der Waals surface area (Å²) in [6.45, 7) is 7.80. The minimum atomic E-state index is 0.366. The Balaban J connectivity index is 1.69. The van der Waals surface area contributed by atoms with Crippen molar-refractivity contribution >= 4 is 5.91 Å². The van der Waals surface area contributed by atoms with Gasteiger partial charge in [-0.05, 0) is 38.9 Å². The molecule has 0 aromatic rings. The van der Waals surface area contributed by atoms with E-state index >= 15 is 0 Å². The predicted octanol–water partition coefficient (Wildman–Crippen LogP) is -0.179. The third-order valence-corrected chi connectivity index (χ3v) is 4.47. The standard InChI is InChI=1S/C14H28N4O/c1-16-8-10-18(11-9-16)14(19)12-13-2-5-17(6-3-13)7-4-15/h13H,2-12,15H2,1H3. The molecule has 1 amide bonds. The summed E-state index contributed by atoms with van der Waals surface area (Å²) < 4.78 is 0. The average Bonchev–Trinajstić information content (AvgIpc) is 2.42. The summed E-state index contributed by atoms with van der Waals surface area (Å²) in [6.07, 6.45) is 3.05. The fraction of sp³-hybridized carbons (Fsp3) is 0.929.